The topological polar surface area (TPSA) is 588 Å². The van der Waals surface area contributed by atoms with Crippen LogP contribution in [0.5, 0.6) is 11.5 Å². The number of nitrogens with two attached hydrogens (primary N) is 2. The predicted molar refractivity (Wildman–Crippen MR) is 511 cm³/mol. The zero-order valence-corrected chi connectivity index (χ0v) is 82.9. The van der Waals surface area contributed by atoms with Crippen LogP contribution in [-0.2, 0) is 99.7 Å². The van der Waals surface area contributed by atoms with Crippen LogP contribution in [0, 0.1) is 178 Å². The number of carbonyl (C=O) groups excluding carboxylic acids is 7. The Morgan fingerprint density at radius 1 is 0.562 bits per heavy atom. The van der Waals surface area contributed by atoms with Gasteiger partial charge in [0.15, 0.2) is 47.3 Å². The summed E-state index contributed by atoms with van der Waals surface area (Å²) in [5, 5.41) is 54.3. The molecule has 9 N–H and O–H groups in total. The third-order valence-corrected chi connectivity index (χ3v) is 20.4. The van der Waals surface area contributed by atoms with E-state index in [1.165, 1.54) is 38.5 Å². The van der Waals surface area contributed by atoms with Gasteiger partial charge in [-0.2, -0.15) is 55.8 Å². The number of amides is 4. The molecule has 6 aromatic heterocycles. The van der Waals surface area contributed by atoms with Crippen molar-refractivity contribution < 1.29 is 124 Å². The van der Waals surface area contributed by atoms with Crippen LogP contribution < -0.4 is 46.0 Å². The lowest BCUT2D eigenvalue weighted by atomic mass is 9.74. The molecule has 51 heteroatoms. The first-order chi connectivity index (χ1) is 69.0. The molecule has 4 atom stereocenters. The zero-order valence-electron chi connectivity index (χ0n) is 79.6. The van der Waals surface area contributed by atoms with Crippen molar-refractivity contribution in [2.75, 3.05) is 37.8 Å². The average Bonchev–Trinajstić information content (AvgIpc) is 0.801. The minimum atomic E-state index is -5.23. The molecule has 0 bridgehead atoms. The number of carbonyl (C=O) groups is 7. The van der Waals surface area contributed by atoms with E-state index in [-0.39, 0.29) is 57.9 Å². The van der Waals surface area contributed by atoms with Gasteiger partial charge in [0.1, 0.15) is 53.3 Å². The minimum Gasteiger partial charge on any atom is -0.724 e. The number of oxime groups is 2. The highest BCUT2D eigenvalue weighted by Crippen LogP contribution is 2.43. The Morgan fingerprint density at radius 2 is 0.890 bits per heavy atom. The fourth-order valence-electron chi connectivity index (χ4n) is 11.7. The summed E-state index contributed by atoms with van der Waals surface area (Å²) in [5.41, 5.74) is 11.3. The summed E-state index contributed by atoms with van der Waals surface area (Å²) < 4.78 is 136. The standard InChI is InChI=1S/2C32H41N11O10S2.C29H4.C2HF3O2/c2*1-31(2,3)51-30(46)34-12-7-13-42-16-20(15-41(42)6)19-8-10-21(11-9-19)50-17-25(27-36-39-40-37-27)52-38-26(23-18-54-29(33)35-23)24(44)14-22-28(45)43(32(22,4)5)53-55(47,48)49;1-3-5-7-9-11-13-15-17-19-21-23-25-27-29-28-26-24-22-20-18-16-14-12-10-8-6-4-2;3-2(4,5)1(6)7/h2*8-11,15-16,18,22,25H,7,12-14,17H2,1-6H3,(H4-,33,34,35,36,37,39,40,46,47,48,49);1H,2H3;(H,6,7)/b2*38-26-;;/t2*22-,25?;;/m11../s1. The first kappa shape index (κ1) is 115. The quantitative estimate of drug-likeness (QED) is 0.00443. The second-order valence-electron chi connectivity index (χ2n) is 32.1. The van der Waals surface area contributed by atoms with Gasteiger partial charge >= 0.3 is 28.8 Å². The summed E-state index contributed by atoms with van der Waals surface area (Å²) in [5.74, 6) is 59.8. The van der Waals surface area contributed by atoms with E-state index in [9.17, 15) is 63.3 Å². The van der Waals surface area contributed by atoms with E-state index in [2.05, 4.69) is 241 Å². The largest absolute Gasteiger partial charge is 0.724 e. The van der Waals surface area contributed by atoms with Crippen molar-refractivity contribution in [1.29, 1.82) is 0 Å². The van der Waals surface area contributed by atoms with Crippen LogP contribution in [-0.4, -0.2) is 204 Å². The SMILES string of the molecule is C#CC#CC#CC#CC#CC#CC#CC#CC#CC#CC#CC#CC#CC#CC.C[n+]1cc(-c2ccc(OCC(O/N=C(\C(=O)C[C@@H]3C(=O)N(OS(=O)(=O)O)C3(C)C)c3csc(N)n3)c3nn[nH]n3)cc2)cn1CCCNC(=O)OC(C)(C)C.C[n+]1cc(-c2ccc(OCC(O/N=C(\C(=O)C[C@@H]3C(=O)N(OS(=O)(=O)[O-])C3(C)C)c3csc(N)n3)c3nn[nH]n3)cc2)cn1CCCNC(=O)OC(C)(C)C.O=C([O-])C(F)(F)F. The molecular formula is C95H87F3N22O22S4. The number of nitrogen functional groups attached to an aromatic ring is 2. The molecule has 2 fully saturated rings. The minimum absolute atomic E-state index is 0.0574. The number of anilines is 2. The van der Waals surface area contributed by atoms with Crippen LogP contribution in [0.3, 0.4) is 0 Å². The number of alkyl halides is 3. The normalized spacial score (nSPS) is 13.6. The predicted octanol–water partition coefficient (Wildman–Crippen LogP) is 3.48. The third kappa shape index (κ3) is 39.3. The van der Waals surface area contributed by atoms with E-state index in [0.717, 1.165) is 44.9 Å². The summed E-state index contributed by atoms with van der Waals surface area (Å²) in [6, 6.07) is 14.6. The van der Waals surface area contributed by atoms with E-state index in [1.54, 1.807) is 31.2 Å². The number of hydrogen-bond donors (Lipinski definition) is 7. The molecule has 10 rings (SSSR count). The number of carboxylic acid groups (broad SMARTS) is 1. The Morgan fingerprint density at radius 3 is 1.16 bits per heavy atom. The van der Waals surface area contributed by atoms with E-state index in [0.29, 0.717) is 60.6 Å². The van der Waals surface area contributed by atoms with Crippen LogP contribution in [0.25, 0.3) is 22.3 Å². The number of halogens is 3. The molecule has 754 valence electrons. The lowest BCUT2D eigenvalue weighted by Gasteiger charge is -2.51. The lowest BCUT2D eigenvalue weighted by Crippen LogP contribution is -2.68. The number of Topliss-reactive ketones (excluding diaryl/α,β-unsaturated/α-hetero) is 2. The number of aromatic amines is 2. The molecule has 2 aliphatic heterocycles. The molecule has 44 nitrogen and oxygen atoms in total. The number of nitrogens with zero attached hydrogens (tertiary/aromatic N) is 16. The highest BCUT2D eigenvalue weighted by molar-refractivity contribution is 7.81. The number of hydrogen-bond acceptors (Lipinski definition) is 35. The Balaban J connectivity index is 0.000000300. The van der Waals surface area contributed by atoms with E-state index < -0.39 is 128 Å². The summed E-state index contributed by atoms with van der Waals surface area (Å²) in [4.78, 5) is 105. The molecule has 146 heavy (non-hydrogen) atoms. The van der Waals surface area contributed by atoms with Crippen LogP contribution >= 0.6 is 22.7 Å². The van der Waals surface area contributed by atoms with Crippen LogP contribution in [0.15, 0.2) is 94.4 Å². The number of nitrogens with one attached hydrogen (secondary N) is 4. The summed E-state index contributed by atoms with van der Waals surface area (Å²) in [6.07, 6.45) is 5.13. The maximum absolute atomic E-state index is 13.6. The number of ketones is 2. The summed E-state index contributed by atoms with van der Waals surface area (Å²) in [7, 11) is -6.36. The van der Waals surface area contributed by atoms with E-state index >= 15 is 0 Å². The van der Waals surface area contributed by atoms with Crippen molar-refractivity contribution in [3.8, 4) is 200 Å². The summed E-state index contributed by atoms with van der Waals surface area (Å²) >= 11 is 2.09. The van der Waals surface area contributed by atoms with Gasteiger partial charge in [0.2, 0.25) is 46.6 Å². The second kappa shape index (κ2) is 54.7. The number of alkyl carbamates (subject to hydrolysis) is 2. The Bertz CT molecular complexity index is 7080. The number of ether oxygens (including phenoxy) is 4. The van der Waals surface area contributed by atoms with Crippen LogP contribution in [0.4, 0.5) is 33.0 Å². The van der Waals surface area contributed by atoms with Crippen molar-refractivity contribution in [3.05, 3.63) is 107 Å². The number of carboxylic acids is 1. The van der Waals surface area contributed by atoms with Gasteiger partial charge in [-0.3, -0.25) is 23.7 Å². The van der Waals surface area contributed by atoms with Crippen LogP contribution in [0.1, 0.15) is 137 Å². The molecule has 2 aromatic carbocycles. The fourth-order valence-corrected chi connectivity index (χ4v) is 13.7. The number of hydroxylamine groups is 4. The van der Waals surface area contributed by atoms with Crippen molar-refractivity contribution in [2.24, 2.45) is 36.2 Å². The molecule has 8 aromatic rings. The number of terminal acetylenes is 1. The first-order valence-electron chi connectivity index (χ1n) is 42.1. The highest BCUT2D eigenvalue weighted by Gasteiger charge is 2.59. The van der Waals surface area contributed by atoms with Gasteiger partial charge in [0.05, 0.1) is 59.5 Å². The second-order valence-corrected chi connectivity index (χ2v) is 35.9. The molecule has 4 amide bonds. The molecule has 2 saturated heterocycles. The van der Waals surface area contributed by atoms with Crippen molar-refractivity contribution in [2.45, 2.75) is 156 Å². The molecule has 0 spiro atoms. The third-order valence-electron chi connectivity index (χ3n) is 18.4. The van der Waals surface area contributed by atoms with E-state index in [4.69, 9.17) is 61.0 Å². The number of rotatable bonds is 34. The molecule has 0 aliphatic carbocycles. The number of aryl methyl sites for hydroxylation is 4. The van der Waals surface area contributed by atoms with Crippen LogP contribution in [0.2, 0.25) is 0 Å². The lowest BCUT2D eigenvalue weighted by molar-refractivity contribution is -0.753. The van der Waals surface area contributed by atoms with Gasteiger partial charge in [0.25, 0.3) is 11.8 Å². The molecule has 8 heterocycles. The van der Waals surface area contributed by atoms with Gasteiger partial charge in [-0.1, -0.05) is 50.9 Å². The van der Waals surface area contributed by atoms with Gasteiger partial charge < -0.3 is 65.2 Å². The van der Waals surface area contributed by atoms with Gasteiger partial charge in [-0.05, 0) is 219 Å². The van der Waals surface area contributed by atoms with E-state index in [1.807, 2.05) is 123 Å². The number of benzene rings is 2. The number of thiazole rings is 2. The van der Waals surface area contributed by atoms with Crippen molar-refractivity contribution in [1.82, 2.24) is 81.3 Å². The summed E-state index contributed by atoms with van der Waals surface area (Å²) in [6.45, 7) is 20.3. The Labute approximate surface area is 844 Å². The molecule has 0 radical (unpaired) electrons. The maximum atomic E-state index is 13.6. The Kier molecular flexibility index (Phi) is 43.1. The number of H-pyrrole nitrogens is 2. The van der Waals surface area contributed by atoms with Crippen molar-refractivity contribution in [3.63, 3.8) is 0 Å². The zero-order chi connectivity index (χ0) is 107. The smallest absolute Gasteiger partial charge is 0.430 e. The molecular weight excluding hydrogens is 1990 g/mol. The first-order valence-corrected chi connectivity index (χ1v) is 46.5. The van der Waals surface area contributed by atoms with Crippen molar-refractivity contribution >= 4 is 107 Å². The van der Waals surface area contributed by atoms with Gasteiger partial charge in [0, 0.05) is 95.9 Å². The Hall–Kier alpha value is -17.9. The van der Waals surface area contributed by atoms with Gasteiger partial charge in [-0.15, -0.1) is 63.1 Å². The number of aromatic nitrogens is 14. The monoisotopic (exact) mass is 2070 g/mol. The highest BCUT2D eigenvalue weighted by atomic mass is 32.3. The fraction of sp³-hybridized carbons (Fsp3) is 0.337. The maximum Gasteiger partial charge on any atom is 0.430 e. The molecule has 2 unspecified atom stereocenters. The van der Waals surface area contributed by atoms with Gasteiger partial charge in [-0.25, -0.2) is 28.0 Å². The number of tetrazole rings is 2. The molecule has 0 saturated carbocycles. The number of aliphatic carboxylic acids is 1. The average molecular weight is 2070 g/mol. The molecule has 2 aliphatic rings. The number of β-lactam (4-membered cyclic amide) rings is 2.